The molecule has 2 N–H and O–H groups in total. The monoisotopic (exact) mass is 312 g/mol. The number of benzene rings is 1. The molecule has 1 fully saturated rings. The Kier molecular flexibility index (Phi) is 4.49. The maximum atomic E-state index is 13.5. The predicted octanol–water partition coefficient (Wildman–Crippen LogP) is 1.93. The van der Waals surface area contributed by atoms with Crippen molar-refractivity contribution in [1.29, 1.82) is 5.26 Å². The quantitative estimate of drug-likeness (QED) is 0.899. The Morgan fingerprint density at radius 1 is 1.38 bits per heavy atom. The number of nitriles is 1. The first kappa shape index (κ1) is 15.7. The van der Waals surface area contributed by atoms with E-state index in [2.05, 4.69) is 0 Å². The fraction of sp³-hybridized carbons (Fsp3) is 0.500. The van der Waals surface area contributed by atoms with Gasteiger partial charge in [0.25, 0.3) is 0 Å². The number of sulfonamides is 1. The molecule has 7 heteroatoms. The van der Waals surface area contributed by atoms with Crippen LogP contribution in [-0.4, -0.2) is 20.8 Å². The standard InChI is InChI=1S/C14H17FN2O3S/c15-13-7-12(4-3-11(13)8-16)20-9-14(5-1-2-6-14)10-21(17,18)19/h3-4,7H,1-2,5-6,9-10H2,(H2,17,18,19). The lowest BCUT2D eigenvalue weighted by Crippen LogP contribution is -2.36. The van der Waals surface area contributed by atoms with Gasteiger partial charge in [-0.05, 0) is 25.0 Å². The molecule has 5 nitrogen and oxygen atoms in total. The highest BCUT2D eigenvalue weighted by molar-refractivity contribution is 7.89. The average Bonchev–Trinajstić information content (AvgIpc) is 2.83. The zero-order valence-corrected chi connectivity index (χ0v) is 12.3. The van der Waals surface area contributed by atoms with Crippen molar-refractivity contribution < 1.29 is 17.5 Å². The molecule has 1 aliphatic carbocycles. The molecular weight excluding hydrogens is 295 g/mol. The third-order valence-corrected chi connectivity index (χ3v) is 4.79. The highest BCUT2D eigenvalue weighted by Crippen LogP contribution is 2.39. The second-order valence-corrected chi connectivity index (χ2v) is 7.17. The van der Waals surface area contributed by atoms with Crippen molar-refractivity contribution in [2.45, 2.75) is 25.7 Å². The van der Waals surface area contributed by atoms with Gasteiger partial charge in [0.1, 0.15) is 17.6 Å². The lowest BCUT2D eigenvalue weighted by molar-refractivity contribution is 0.170. The third-order valence-electron chi connectivity index (χ3n) is 3.78. The highest BCUT2D eigenvalue weighted by atomic mass is 32.2. The largest absolute Gasteiger partial charge is 0.493 e. The van der Waals surface area contributed by atoms with Gasteiger partial charge in [0.05, 0.1) is 17.9 Å². The van der Waals surface area contributed by atoms with E-state index in [0.717, 1.165) is 31.7 Å². The van der Waals surface area contributed by atoms with E-state index in [4.69, 9.17) is 15.1 Å². The molecule has 0 bridgehead atoms. The summed E-state index contributed by atoms with van der Waals surface area (Å²) in [6.07, 6.45) is 3.31. The Bertz CT molecular complexity index is 661. The number of ether oxygens (including phenoxy) is 1. The first-order chi connectivity index (χ1) is 9.84. The molecule has 1 aromatic carbocycles. The fourth-order valence-electron chi connectivity index (χ4n) is 2.79. The summed E-state index contributed by atoms with van der Waals surface area (Å²) in [7, 11) is -3.59. The van der Waals surface area contributed by atoms with Crippen LogP contribution in [0.5, 0.6) is 5.75 Å². The summed E-state index contributed by atoms with van der Waals surface area (Å²) in [4.78, 5) is 0. The molecule has 0 atom stereocenters. The van der Waals surface area contributed by atoms with Gasteiger partial charge in [-0.1, -0.05) is 12.8 Å². The third kappa shape index (κ3) is 4.16. The van der Waals surface area contributed by atoms with Crippen LogP contribution in [0.15, 0.2) is 18.2 Å². The van der Waals surface area contributed by atoms with Gasteiger partial charge in [0.15, 0.2) is 0 Å². The van der Waals surface area contributed by atoms with E-state index >= 15 is 0 Å². The van der Waals surface area contributed by atoms with Crippen LogP contribution < -0.4 is 9.88 Å². The van der Waals surface area contributed by atoms with E-state index in [1.807, 2.05) is 0 Å². The summed E-state index contributed by atoms with van der Waals surface area (Å²) in [5.41, 5.74) is -0.555. The molecule has 1 aromatic rings. The van der Waals surface area contributed by atoms with Gasteiger partial charge < -0.3 is 4.74 Å². The Morgan fingerprint density at radius 3 is 2.57 bits per heavy atom. The Hall–Kier alpha value is -1.65. The van der Waals surface area contributed by atoms with Crippen LogP contribution in [-0.2, 0) is 10.0 Å². The minimum absolute atomic E-state index is 0.0533. The van der Waals surface area contributed by atoms with Gasteiger partial charge >= 0.3 is 0 Å². The van der Waals surface area contributed by atoms with E-state index in [1.54, 1.807) is 6.07 Å². The van der Waals surface area contributed by atoms with Gasteiger partial charge in [0.2, 0.25) is 10.0 Å². The molecule has 0 aliphatic heterocycles. The number of hydrogen-bond donors (Lipinski definition) is 1. The average molecular weight is 312 g/mol. The highest BCUT2D eigenvalue weighted by Gasteiger charge is 2.38. The summed E-state index contributed by atoms with van der Waals surface area (Å²) in [6.45, 7) is 0.175. The van der Waals surface area contributed by atoms with Crippen LogP contribution >= 0.6 is 0 Å². The summed E-state index contributed by atoms with van der Waals surface area (Å²) >= 11 is 0. The molecule has 1 aliphatic rings. The zero-order chi connectivity index (χ0) is 15.5. The van der Waals surface area contributed by atoms with E-state index in [9.17, 15) is 12.8 Å². The molecule has 0 aromatic heterocycles. The molecular formula is C14H17FN2O3S. The minimum atomic E-state index is -3.59. The van der Waals surface area contributed by atoms with Crippen molar-refractivity contribution in [2.75, 3.05) is 12.4 Å². The number of rotatable bonds is 5. The number of halogens is 1. The first-order valence-electron chi connectivity index (χ1n) is 6.67. The molecule has 0 radical (unpaired) electrons. The van der Waals surface area contributed by atoms with Crippen molar-refractivity contribution >= 4 is 10.0 Å². The predicted molar refractivity (Wildman–Crippen MR) is 75.5 cm³/mol. The molecule has 0 heterocycles. The Balaban J connectivity index is 2.09. The molecule has 0 spiro atoms. The van der Waals surface area contributed by atoms with E-state index in [0.29, 0.717) is 0 Å². The van der Waals surface area contributed by atoms with Gasteiger partial charge in [0, 0.05) is 11.5 Å². The van der Waals surface area contributed by atoms with Gasteiger partial charge in [-0.15, -0.1) is 0 Å². The van der Waals surface area contributed by atoms with E-state index in [1.165, 1.54) is 12.1 Å². The molecule has 21 heavy (non-hydrogen) atoms. The summed E-state index contributed by atoms with van der Waals surface area (Å²) < 4.78 is 41.8. The van der Waals surface area contributed by atoms with E-state index in [-0.39, 0.29) is 23.7 Å². The van der Waals surface area contributed by atoms with Crippen molar-refractivity contribution in [2.24, 2.45) is 10.6 Å². The lowest BCUT2D eigenvalue weighted by atomic mass is 9.90. The summed E-state index contributed by atoms with van der Waals surface area (Å²) in [6, 6.07) is 5.71. The SMILES string of the molecule is N#Cc1ccc(OCC2(CS(N)(=O)=O)CCCC2)cc1F. The smallest absolute Gasteiger partial charge is 0.209 e. The second-order valence-electron chi connectivity index (χ2n) is 5.56. The maximum absolute atomic E-state index is 13.5. The molecule has 2 rings (SSSR count). The summed E-state index contributed by atoms with van der Waals surface area (Å²) in [5, 5.41) is 13.8. The minimum Gasteiger partial charge on any atom is -0.493 e. The molecule has 0 unspecified atom stereocenters. The van der Waals surface area contributed by atoms with Crippen molar-refractivity contribution in [1.82, 2.24) is 0 Å². The zero-order valence-electron chi connectivity index (χ0n) is 11.5. The van der Waals surface area contributed by atoms with Crippen molar-refractivity contribution in [3.63, 3.8) is 0 Å². The van der Waals surface area contributed by atoms with Crippen LogP contribution in [0.2, 0.25) is 0 Å². The maximum Gasteiger partial charge on any atom is 0.209 e. The molecule has 0 saturated heterocycles. The Labute approximate surface area is 123 Å². The number of nitrogens with two attached hydrogens (primary N) is 1. The molecule has 1 saturated carbocycles. The van der Waals surface area contributed by atoms with Crippen LogP contribution in [0.25, 0.3) is 0 Å². The van der Waals surface area contributed by atoms with Crippen LogP contribution in [0.3, 0.4) is 0 Å². The normalized spacial score (nSPS) is 17.4. The van der Waals surface area contributed by atoms with E-state index < -0.39 is 21.3 Å². The first-order valence-corrected chi connectivity index (χ1v) is 8.38. The van der Waals surface area contributed by atoms with Crippen LogP contribution in [0.4, 0.5) is 4.39 Å². The fourth-order valence-corrected chi connectivity index (χ4v) is 4.02. The van der Waals surface area contributed by atoms with Crippen molar-refractivity contribution in [3.05, 3.63) is 29.6 Å². The second kappa shape index (κ2) is 6.00. The van der Waals surface area contributed by atoms with Gasteiger partial charge in [-0.3, -0.25) is 0 Å². The Morgan fingerprint density at radius 2 is 2.05 bits per heavy atom. The van der Waals surface area contributed by atoms with Gasteiger partial charge in [-0.25, -0.2) is 17.9 Å². The van der Waals surface area contributed by atoms with Crippen LogP contribution in [0, 0.1) is 22.6 Å². The van der Waals surface area contributed by atoms with Crippen LogP contribution in [0.1, 0.15) is 31.2 Å². The number of primary sulfonamides is 1. The number of hydrogen-bond acceptors (Lipinski definition) is 4. The topological polar surface area (TPSA) is 93.2 Å². The molecule has 114 valence electrons. The molecule has 0 amide bonds. The lowest BCUT2D eigenvalue weighted by Gasteiger charge is -2.27. The number of nitrogens with zero attached hydrogens (tertiary/aromatic N) is 1. The summed E-state index contributed by atoms with van der Waals surface area (Å²) in [5.74, 6) is -0.493. The van der Waals surface area contributed by atoms with Gasteiger partial charge in [-0.2, -0.15) is 5.26 Å². The van der Waals surface area contributed by atoms with Crippen molar-refractivity contribution in [3.8, 4) is 11.8 Å².